The summed E-state index contributed by atoms with van der Waals surface area (Å²) in [4.78, 5) is 0. The molecule has 1 aromatic heterocycles. The predicted molar refractivity (Wildman–Crippen MR) is 75.5 cm³/mol. The van der Waals surface area contributed by atoms with E-state index in [-0.39, 0.29) is 0 Å². The first-order valence-electron chi connectivity index (χ1n) is 6.03. The Bertz CT molecular complexity index is 555. The van der Waals surface area contributed by atoms with Crippen molar-refractivity contribution in [3.8, 4) is 0 Å². The number of nitrogens with one attached hydrogen (secondary N) is 1. The molecular formula is C13H15Cl2N3O. The molecule has 0 aliphatic carbocycles. The summed E-state index contributed by atoms with van der Waals surface area (Å²) in [6, 6.07) is 5.84. The van der Waals surface area contributed by atoms with E-state index >= 15 is 0 Å². The number of halogens is 2. The minimum absolute atomic E-state index is 0.380. The second-order valence-corrected chi connectivity index (χ2v) is 5.36. The Balaban J connectivity index is 2.01. The average Bonchev–Trinajstić information content (AvgIpc) is 2.79. The van der Waals surface area contributed by atoms with Crippen LogP contribution in [0.3, 0.4) is 0 Å². The van der Waals surface area contributed by atoms with Crippen molar-refractivity contribution < 1.29 is 4.42 Å². The molecule has 1 aromatic carbocycles. The van der Waals surface area contributed by atoms with Crippen LogP contribution < -0.4 is 5.32 Å². The Morgan fingerprint density at radius 3 is 2.58 bits per heavy atom. The van der Waals surface area contributed by atoms with Crippen LogP contribution in [0, 0.1) is 0 Å². The first-order chi connectivity index (χ1) is 9.04. The lowest BCUT2D eigenvalue weighted by atomic mass is 10.1. The third-order valence-electron chi connectivity index (χ3n) is 2.51. The van der Waals surface area contributed by atoms with Crippen molar-refractivity contribution in [2.24, 2.45) is 0 Å². The zero-order chi connectivity index (χ0) is 13.8. The Morgan fingerprint density at radius 1 is 1.16 bits per heavy atom. The summed E-state index contributed by atoms with van der Waals surface area (Å²) >= 11 is 11.8. The standard InChI is InChI=1S/C13H15Cl2N3O/c1-8(2)16-7-13-18-17-12(19-13)6-9-3-4-10(14)11(15)5-9/h3-5,8,16H,6-7H2,1-2H3. The summed E-state index contributed by atoms with van der Waals surface area (Å²) in [6.45, 7) is 4.70. The van der Waals surface area contributed by atoms with E-state index in [2.05, 4.69) is 29.4 Å². The molecule has 0 spiro atoms. The van der Waals surface area contributed by atoms with Gasteiger partial charge in [-0.05, 0) is 17.7 Å². The van der Waals surface area contributed by atoms with Gasteiger partial charge in [-0.1, -0.05) is 43.1 Å². The maximum absolute atomic E-state index is 5.96. The van der Waals surface area contributed by atoms with Crippen molar-refractivity contribution >= 4 is 23.2 Å². The molecule has 0 fully saturated rings. The van der Waals surface area contributed by atoms with Crippen LogP contribution in [-0.4, -0.2) is 16.2 Å². The van der Waals surface area contributed by atoms with Gasteiger partial charge in [0.1, 0.15) is 0 Å². The largest absolute Gasteiger partial charge is 0.424 e. The normalized spacial score (nSPS) is 11.2. The minimum Gasteiger partial charge on any atom is -0.424 e. The quantitative estimate of drug-likeness (QED) is 0.918. The lowest BCUT2D eigenvalue weighted by molar-refractivity contribution is 0.427. The van der Waals surface area contributed by atoms with E-state index < -0.39 is 0 Å². The van der Waals surface area contributed by atoms with E-state index in [1.165, 1.54) is 0 Å². The van der Waals surface area contributed by atoms with Crippen LogP contribution in [0.15, 0.2) is 22.6 Å². The smallest absolute Gasteiger partial charge is 0.230 e. The minimum atomic E-state index is 0.380. The molecule has 0 radical (unpaired) electrons. The van der Waals surface area contributed by atoms with Crippen LogP contribution >= 0.6 is 23.2 Å². The van der Waals surface area contributed by atoms with Gasteiger partial charge >= 0.3 is 0 Å². The van der Waals surface area contributed by atoms with Crippen LogP contribution in [0.2, 0.25) is 10.0 Å². The van der Waals surface area contributed by atoms with Gasteiger partial charge < -0.3 is 9.73 Å². The van der Waals surface area contributed by atoms with Gasteiger partial charge in [0.15, 0.2) is 0 Å². The molecule has 0 unspecified atom stereocenters. The first-order valence-corrected chi connectivity index (χ1v) is 6.78. The highest BCUT2D eigenvalue weighted by atomic mass is 35.5. The summed E-state index contributed by atoms with van der Waals surface area (Å²) in [5.41, 5.74) is 0.987. The zero-order valence-corrected chi connectivity index (χ0v) is 12.3. The van der Waals surface area contributed by atoms with Crippen molar-refractivity contribution in [2.45, 2.75) is 32.9 Å². The molecule has 19 heavy (non-hydrogen) atoms. The SMILES string of the molecule is CC(C)NCc1nnc(Cc2ccc(Cl)c(Cl)c2)o1. The van der Waals surface area contributed by atoms with Crippen molar-refractivity contribution in [2.75, 3.05) is 0 Å². The van der Waals surface area contributed by atoms with Gasteiger partial charge in [-0.2, -0.15) is 0 Å². The molecule has 2 aromatic rings. The maximum Gasteiger partial charge on any atom is 0.230 e. The Labute approximate surface area is 122 Å². The molecule has 0 amide bonds. The number of rotatable bonds is 5. The third kappa shape index (κ3) is 4.20. The molecule has 0 saturated carbocycles. The Hall–Kier alpha value is -1.10. The molecule has 0 aliphatic rings. The van der Waals surface area contributed by atoms with Crippen LogP contribution in [-0.2, 0) is 13.0 Å². The summed E-state index contributed by atoms with van der Waals surface area (Å²) in [7, 11) is 0. The molecule has 4 nitrogen and oxygen atoms in total. The summed E-state index contributed by atoms with van der Waals surface area (Å²) in [5, 5.41) is 12.3. The molecule has 0 atom stereocenters. The second kappa shape index (κ2) is 6.37. The van der Waals surface area contributed by atoms with Crippen molar-refractivity contribution in [3.05, 3.63) is 45.6 Å². The number of nitrogens with zero attached hydrogens (tertiary/aromatic N) is 2. The van der Waals surface area contributed by atoms with E-state index in [4.69, 9.17) is 27.6 Å². The van der Waals surface area contributed by atoms with Gasteiger partial charge in [0.05, 0.1) is 23.0 Å². The summed E-state index contributed by atoms with van der Waals surface area (Å²) in [5.74, 6) is 1.16. The highest BCUT2D eigenvalue weighted by Gasteiger charge is 2.08. The number of hydrogen-bond donors (Lipinski definition) is 1. The highest BCUT2D eigenvalue weighted by molar-refractivity contribution is 6.42. The van der Waals surface area contributed by atoms with Gasteiger partial charge in [0.25, 0.3) is 0 Å². The van der Waals surface area contributed by atoms with Gasteiger partial charge in [-0.25, -0.2) is 0 Å². The third-order valence-corrected chi connectivity index (χ3v) is 3.25. The fourth-order valence-electron chi connectivity index (χ4n) is 1.55. The summed E-state index contributed by atoms with van der Waals surface area (Å²) in [6.07, 6.45) is 0.547. The molecule has 1 heterocycles. The Kier molecular flexibility index (Phi) is 4.80. The van der Waals surface area contributed by atoms with E-state index in [0.717, 1.165) is 5.56 Å². The van der Waals surface area contributed by atoms with Crippen LogP contribution in [0.4, 0.5) is 0 Å². The monoisotopic (exact) mass is 299 g/mol. The number of aromatic nitrogens is 2. The Morgan fingerprint density at radius 2 is 1.89 bits per heavy atom. The van der Waals surface area contributed by atoms with E-state index in [1.54, 1.807) is 12.1 Å². The molecule has 2 rings (SSSR count). The van der Waals surface area contributed by atoms with Crippen molar-refractivity contribution in [1.29, 1.82) is 0 Å². The first kappa shape index (κ1) is 14.3. The number of benzene rings is 1. The lowest BCUT2D eigenvalue weighted by Crippen LogP contribution is -2.21. The molecule has 0 bridgehead atoms. The number of hydrogen-bond acceptors (Lipinski definition) is 4. The fourth-order valence-corrected chi connectivity index (χ4v) is 1.87. The maximum atomic E-state index is 5.96. The van der Waals surface area contributed by atoms with Crippen LogP contribution in [0.1, 0.15) is 31.2 Å². The molecular weight excluding hydrogens is 285 g/mol. The average molecular weight is 300 g/mol. The van der Waals surface area contributed by atoms with Gasteiger partial charge in [0, 0.05) is 6.04 Å². The fraction of sp³-hybridized carbons (Fsp3) is 0.385. The van der Waals surface area contributed by atoms with Crippen molar-refractivity contribution in [3.63, 3.8) is 0 Å². The predicted octanol–water partition coefficient (Wildman–Crippen LogP) is 3.47. The topological polar surface area (TPSA) is 51.0 Å². The van der Waals surface area contributed by atoms with Gasteiger partial charge in [0.2, 0.25) is 11.8 Å². The highest BCUT2D eigenvalue weighted by Crippen LogP contribution is 2.23. The molecule has 6 heteroatoms. The summed E-state index contributed by atoms with van der Waals surface area (Å²) < 4.78 is 5.55. The lowest BCUT2D eigenvalue weighted by Gasteiger charge is -2.03. The second-order valence-electron chi connectivity index (χ2n) is 4.55. The van der Waals surface area contributed by atoms with Crippen LogP contribution in [0.5, 0.6) is 0 Å². The van der Waals surface area contributed by atoms with Gasteiger partial charge in [-0.15, -0.1) is 10.2 Å². The molecule has 0 aliphatic heterocycles. The molecule has 1 N–H and O–H groups in total. The molecule has 0 saturated heterocycles. The van der Waals surface area contributed by atoms with E-state index in [0.29, 0.717) is 40.8 Å². The molecule has 102 valence electrons. The van der Waals surface area contributed by atoms with Crippen LogP contribution in [0.25, 0.3) is 0 Å². The van der Waals surface area contributed by atoms with E-state index in [1.807, 2.05) is 6.07 Å². The van der Waals surface area contributed by atoms with E-state index in [9.17, 15) is 0 Å². The zero-order valence-electron chi connectivity index (χ0n) is 10.8. The van der Waals surface area contributed by atoms with Gasteiger partial charge in [-0.3, -0.25) is 0 Å². The van der Waals surface area contributed by atoms with Crippen molar-refractivity contribution in [1.82, 2.24) is 15.5 Å².